The summed E-state index contributed by atoms with van der Waals surface area (Å²) < 4.78 is 10.9. The Morgan fingerprint density at radius 3 is 2.76 bits per heavy atom. The normalized spacial score (nSPS) is 14.3. The standard InChI is InChI=1S/C18H32N4O2.HI/c1-5-19-18(22(4)11-12-23-13-16-8-9-16)20-10-6-7-17-14(2)21-24-15(17)3;/h16H,5-13H2,1-4H3,(H,19,20);1H. The quantitative estimate of drug-likeness (QED) is 0.250. The first-order chi connectivity index (χ1) is 11.6. The molecule has 0 aromatic carbocycles. The van der Waals surface area contributed by atoms with Crippen LogP contribution < -0.4 is 5.32 Å². The molecule has 1 aromatic heterocycles. The average Bonchev–Trinajstić information content (AvgIpc) is 3.34. The Hall–Kier alpha value is -0.830. The third kappa shape index (κ3) is 7.94. The first kappa shape index (κ1) is 22.2. The third-order valence-corrected chi connectivity index (χ3v) is 4.35. The molecule has 2 rings (SSSR count). The molecule has 0 spiro atoms. The molecular weight excluding hydrogens is 431 g/mol. The molecule has 1 N–H and O–H groups in total. The second-order valence-electron chi connectivity index (χ2n) is 6.58. The van der Waals surface area contributed by atoms with Crippen LogP contribution in [-0.4, -0.2) is 55.9 Å². The van der Waals surface area contributed by atoms with Gasteiger partial charge in [-0.1, -0.05) is 5.16 Å². The van der Waals surface area contributed by atoms with Crippen molar-refractivity contribution in [3.63, 3.8) is 0 Å². The summed E-state index contributed by atoms with van der Waals surface area (Å²) in [6.45, 7) is 10.3. The van der Waals surface area contributed by atoms with E-state index in [4.69, 9.17) is 14.3 Å². The molecule has 0 amide bonds. The van der Waals surface area contributed by atoms with E-state index in [1.165, 1.54) is 18.4 Å². The lowest BCUT2D eigenvalue weighted by Gasteiger charge is -2.22. The Bertz CT molecular complexity index is 510. The Balaban J connectivity index is 0.00000312. The molecule has 0 unspecified atom stereocenters. The molecule has 1 aromatic rings. The number of nitrogens with one attached hydrogen (secondary N) is 1. The van der Waals surface area contributed by atoms with Gasteiger partial charge in [0.1, 0.15) is 5.76 Å². The third-order valence-electron chi connectivity index (χ3n) is 4.35. The summed E-state index contributed by atoms with van der Waals surface area (Å²) in [4.78, 5) is 6.87. The molecule has 0 bridgehead atoms. The first-order valence-corrected chi connectivity index (χ1v) is 9.10. The number of aromatic nitrogens is 1. The minimum absolute atomic E-state index is 0. The molecule has 0 atom stereocenters. The summed E-state index contributed by atoms with van der Waals surface area (Å²) in [5, 5.41) is 7.35. The summed E-state index contributed by atoms with van der Waals surface area (Å²) in [5.41, 5.74) is 2.21. The van der Waals surface area contributed by atoms with Crippen LogP contribution >= 0.6 is 24.0 Å². The van der Waals surface area contributed by atoms with Crippen LogP contribution in [0, 0.1) is 19.8 Å². The molecular formula is C18H33IN4O2. The van der Waals surface area contributed by atoms with E-state index in [0.717, 1.165) is 69.0 Å². The Labute approximate surface area is 168 Å². The van der Waals surface area contributed by atoms with E-state index < -0.39 is 0 Å². The lowest BCUT2D eigenvalue weighted by Crippen LogP contribution is -2.40. The van der Waals surface area contributed by atoms with Gasteiger partial charge in [0.05, 0.1) is 12.3 Å². The molecule has 7 heteroatoms. The molecule has 1 aliphatic rings. The molecule has 1 heterocycles. The van der Waals surface area contributed by atoms with Crippen LogP contribution in [0.2, 0.25) is 0 Å². The number of rotatable bonds is 10. The highest BCUT2D eigenvalue weighted by atomic mass is 127. The van der Waals surface area contributed by atoms with Crippen molar-refractivity contribution in [1.29, 1.82) is 0 Å². The van der Waals surface area contributed by atoms with E-state index >= 15 is 0 Å². The number of likely N-dealkylation sites (N-methyl/N-ethyl adjacent to an activating group) is 1. The van der Waals surface area contributed by atoms with Crippen molar-refractivity contribution in [2.24, 2.45) is 10.9 Å². The molecule has 0 radical (unpaired) electrons. The number of nitrogens with zero attached hydrogens (tertiary/aromatic N) is 3. The van der Waals surface area contributed by atoms with E-state index in [1.807, 2.05) is 13.8 Å². The predicted molar refractivity (Wildman–Crippen MR) is 112 cm³/mol. The fraction of sp³-hybridized carbons (Fsp3) is 0.778. The van der Waals surface area contributed by atoms with Gasteiger partial charge < -0.3 is 19.5 Å². The molecule has 6 nitrogen and oxygen atoms in total. The minimum atomic E-state index is 0. The lowest BCUT2D eigenvalue weighted by molar-refractivity contribution is 0.115. The van der Waals surface area contributed by atoms with E-state index in [9.17, 15) is 0 Å². The molecule has 144 valence electrons. The average molecular weight is 464 g/mol. The van der Waals surface area contributed by atoms with Crippen molar-refractivity contribution >= 4 is 29.9 Å². The Morgan fingerprint density at radius 1 is 1.40 bits per heavy atom. The van der Waals surface area contributed by atoms with Crippen LogP contribution in [0.15, 0.2) is 9.52 Å². The van der Waals surface area contributed by atoms with Gasteiger partial charge in [-0.25, -0.2) is 0 Å². The topological polar surface area (TPSA) is 62.9 Å². The van der Waals surface area contributed by atoms with Crippen molar-refractivity contribution in [2.45, 2.75) is 46.5 Å². The molecule has 0 aliphatic heterocycles. The highest BCUT2D eigenvalue weighted by Gasteiger charge is 2.21. The van der Waals surface area contributed by atoms with Gasteiger partial charge in [-0.15, -0.1) is 24.0 Å². The second-order valence-corrected chi connectivity index (χ2v) is 6.58. The Morgan fingerprint density at radius 2 is 2.16 bits per heavy atom. The number of aryl methyl sites for hydroxylation is 2. The summed E-state index contributed by atoms with van der Waals surface area (Å²) in [6.07, 6.45) is 4.62. The number of aliphatic imine (C=N–C) groups is 1. The van der Waals surface area contributed by atoms with Crippen molar-refractivity contribution in [2.75, 3.05) is 39.9 Å². The number of ether oxygens (including phenoxy) is 1. The van der Waals surface area contributed by atoms with Crippen molar-refractivity contribution in [3.8, 4) is 0 Å². The van der Waals surface area contributed by atoms with Crippen LogP contribution in [0.4, 0.5) is 0 Å². The highest BCUT2D eigenvalue weighted by molar-refractivity contribution is 14.0. The molecule has 1 fully saturated rings. The van der Waals surface area contributed by atoms with E-state index in [-0.39, 0.29) is 24.0 Å². The monoisotopic (exact) mass is 464 g/mol. The maximum absolute atomic E-state index is 5.72. The highest BCUT2D eigenvalue weighted by Crippen LogP contribution is 2.28. The van der Waals surface area contributed by atoms with Gasteiger partial charge in [0.15, 0.2) is 5.96 Å². The van der Waals surface area contributed by atoms with Crippen molar-refractivity contribution in [1.82, 2.24) is 15.4 Å². The fourth-order valence-corrected chi connectivity index (χ4v) is 2.61. The van der Waals surface area contributed by atoms with Crippen molar-refractivity contribution in [3.05, 3.63) is 17.0 Å². The molecule has 25 heavy (non-hydrogen) atoms. The van der Waals surface area contributed by atoms with Gasteiger partial charge in [-0.2, -0.15) is 0 Å². The SMILES string of the molecule is CCNC(=NCCCc1c(C)noc1C)N(C)CCOCC1CC1.I. The number of guanidine groups is 1. The smallest absolute Gasteiger partial charge is 0.193 e. The van der Waals surface area contributed by atoms with Gasteiger partial charge >= 0.3 is 0 Å². The molecule has 0 saturated heterocycles. The summed E-state index contributed by atoms with van der Waals surface area (Å²) >= 11 is 0. The van der Waals surface area contributed by atoms with Crippen molar-refractivity contribution < 1.29 is 9.26 Å². The maximum atomic E-state index is 5.72. The zero-order valence-corrected chi connectivity index (χ0v) is 18.3. The van der Waals surface area contributed by atoms with Crippen LogP contribution in [0.3, 0.4) is 0 Å². The zero-order valence-electron chi connectivity index (χ0n) is 16.0. The largest absolute Gasteiger partial charge is 0.379 e. The summed E-state index contributed by atoms with van der Waals surface area (Å²) in [7, 11) is 2.07. The summed E-state index contributed by atoms with van der Waals surface area (Å²) in [5.74, 6) is 2.70. The van der Waals surface area contributed by atoms with E-state index in [0.29, 0.717) is 0 Å². The van der Waals surface area contributed by atoms with Crippen LogP contribution in [0.5, 0.6) is 0 Å². The van der Waals surface area contributed by atoms with Crippen LogP contribution in [0.1, 0.15) is 43.2 Å². The molecule has 1 saturated carbocycles. The predicted octanol–water partition coefficient (Wildman–Crippen LogP) is 3.17. The molecule has 1 aliphatic carbocycles. The van der Waals surface area contributed by atoms with Gasteiger partial charge in [0, 0.05) is 38.9 Å². The maximum Gasteiger partial charge on any atom is 0.193 e. The Kier molecular flexibility index (Phi) is 10.4. The zero-order chi connectivity index (χ0) is 17.4. The fourth-order valence-electron chi connectivity index (χ4n) is 2.61. The van der Waals surface area contributed by atoms with Crippen LogP contribution in [-0.2, 0) is 11.2 Å². The van der Waals surface area contributed by atoms with Gasteiger partial charge in [0.2, 0.25) is 0 Å². The number of halogens is 1. The van der Waals surface area contributed by atoms with Gasteiger partial charge in [-0.3, -0.25) is 4.99 Å². The number of hydrogen-bond acceptors (Lipinski definition) is 4. The minimum Gasteiger partial charge on any atom is -0.379 e. The second kappa shape index (κ2) is 11.7. The first-order valence-electron chi connectivity index (χ1n) is 9.10. The van der Waals surface area contributed by atoms with Gasteiger partial charge in [-0.05, 0) is 52.4 Å². The lowest BCUT2D eigenvalue weighted by atomic mass is 10.1. The van der Waals surface area contributed by atoms with Gasteiger partial charge in [0.25, 0.3) is 0 Å². The van der Waals surface area contributed by atoms with E-state index in [2.05, 4.69) is 29.3 Å². The van der Waals surface area contributed by atoms with E-state index in [1.54, 1.807) is 0 Å². The van der Waals surface area contributed by atoms with Crippen LogP contribution in [0.25, 0.3) is 0 Å². The summed E-state index contributed by atoms with van der Waals surface area (Å²) in [6, 6.07) is 0. The number of hydrogen-bond donors (Lipinski definition) is 1.